The molecular weight excluding hydrogens is 254 g/mol. The normalized spacial score (nSPS) is 17.7. The Balaban J connectivity index is 2.20. The molecule has 0 saturated heterocycles. The molecule has 1 aliphatic rings. The summed E-state index contributed by atoms with van der Waals surface area (Å²) in [6, 6.07) is 8.17. The zero-order valence-corrected chi connectivity index (χ0v) is 12.4. The van der Waals surface area contributed by atoms with Crippen LogP contribution in [0, 0.1) is 0 Å². The summed E-state index contributed by atoms with van der Waals surface area (Å²) in [4.78, 5) is 14.0. The minimum Gasteiger partial charge on any atom is -0.444 e. The van der Waals surface area contributed by atoms with Gasteiger partial charge in [0.1, 0.15) is 5.60 Å². The van der Waals surface area contributed by atoms with Gasteiger partial charge in [-0.25, -0.2) is 4.79 Å². The number of hydrogen-bond donors (Lipinski definition) is 1. The van der Waals surface area contributed by atoms with Gasteiger partial charge in [0.15, 0.2) is 0 Å². The second-order valence-electron chi connectivity index (χ2n) is 6.15. The lowest BCUT2D eigenvalue weighted by molar-refractivity contribution is 0.0121. The average Bonchev–Trinajstić information content (AvgIpc) is 2.77. The number of ether oxygens (including phenoxy) is 1. The maximum Gasteiger partial charge on any atom is 0.410 e. The predicted molar refractivity (Wildman–Crippen MR) is 77.5 cm³/mol. The largest absolute Gasteiger partial charge is 0.444 e. The maximum atomic E-state index is 12.3. The maximum absolute atomic E-state index is 12.3. The van der Waals surface area contributed by atoms with Gasteiger partial charge in [0.05, 0.1) is 12.6 Å². The summed E-state index contributed by atoms with van der Waals surface area (Å²) in [5, 5.41) is 9.24. The van der Waals surface area contributed by atoms with Crippen molar-refractivity contribution in [3.05, 3.63) is 35.4 Å². The number of fused-ring (bicyclic) bond motifs is 1. The van der Waals surface area contributed by atoms with Gasteiger partial charge in [-0.15, -0.1) is 0 Å². The zero-order valence-electron chi connectivity index (χ0n) is 12.4. The molecule has 0 fully saturated rings. The Bertz CT molecular complexity index is 479. The van der Waals surface area contributed by atoms with Crippen LogP contribution in [0.4, 0.5) is 4.79 Å². The van der Waals surface area contributed by atoms with E-state index in [9.17, 15) is 9.90 Å². The Kier molecular flexibility index (Phi) is 4.33. The number of amides is 1. The highest BCUT2D eigenvalue weighted by molar-refractivity contribution is 5.69. The predicted octanol–water partition coefficient (Wildman–Crippen LogP) is 2.90. The third kappa shape index (κ3) is 3.31. The van der Waals surface area contributed by atoms with Crippen molar-refractivity contribution in [2.75, 3.05) is 13.2 Å². The van der Waals surface area contributed by atoms with Crippen LogP contribution in [0.15, 0.2) is 24.3 Å². The lowest BCUT2D eigenvalue weighted by Crippen LogP contribution is -2.40. The van der Waals surface area contributed by atoms with Gasteiger partial charge in [-0.05, 0) is 44.7 Å². The smallest absolute Gasteiger partial charge is 0.410 e. The van der Waals surface area contributed by atoms with Gasteiger partial charge in [0.2, 0.25) is 0 Å². The van der Waals surface area contributed by atoms with Crippen molar-refractivity contribution in [1.29, 1.82) is 0 Å². The second-order valence-corrected chi connectivity index (χ2v) is 6.15. The van der Waals surface area contributed by atoms with E-state index in [1.54, 1.807) is 4.90 Å². The van der Waals surface area contributed by atoms with Gasteiger partial charge in [-0.2, -0.15) is 0 Å². The molecule has 110 valence electrons. The highest BCUT2D eigenvalue weighted by Gasteiger charge is 2.33. The lowest BCUT2D eigenvalue weighted by atomic mass is 10.1. The first kappa shape index (κ1) is 14.9. The Morgan fingerprint density at radius 3 is 2.75 bits per heavy atom. The standard InChI is InChI=1S/C16H23NO3/c1-16(2,3)20-15(19)17(10-11-18)14-9-8-12-6-4-5-7-13(12)14/h4-7,14,18H,8-11H2,1-3H3/t14-/m1/s1. The van der Waals surface area contributed by atoms with Crippen LogP contribution in [0.2, 0.25) is 0 Å². The first-order valence-corrected chi connectivity index (χ1v) is 7.10. The van der Waals surface area contributed by atoms with E-state index in [2.05, 4.69) is 12.1 Å². The highest BCUT2D eigenvalue weighted by atomic mass is 16.6. The molecule has 4 heteroatoms. The van der Waals surface area contributed by atoms with E-state index < -0.39 is 5.60 Å². The first-order valence-electron chi connectivity index (χ1n) is 7.10. The molecule has 0 heterocycles. The van der Waals surface area contributed by atoms with Gasteiger partial charge in [0, 0.05) is 6.54 Å². The quantitative estimate of drug-likeness (QED) is 0.924. The summed E-state index contributed by atoms with van der Waals surface area (Å²) >= 11 is 0. The molecule has 2 rings (SSSR count). The van der Waals surface area contributed by atoms with Crippen LogP contribution >= 0.6 is 0 Å². The summed E-state index contributed by atoms with van der Waals surface area (Å²) in [6.07, 6.45) is 1.50. The highest BCUT2D eigenvalue weighted by Crippen LogP contribution is 2.36. The summed E-state index contributed by atoms with van der Waals surface area (Å²) in [5.41, 5.74) is 1.93. The molecule has 1 amide bonds. The fourth-order valence-electron chi connectivity index (χ4n) is 2.66. The number of carbonyl (C=O) groups is 1. The van der Waals surface area contributed by atoms with E-state index >= 15 is 0 Å². The summed E-state index contributed by atoms with van der Waals surface area (Å²) in [7, 11) is 0. The van der Waals surface area contributed by atoms with E-state index in [0.29, 0.717) is 6.54 Å². The van der Waals surface area contributed by atoms with Crippen molar-refractivity contribution in [2.45, 2.75) is 45.3 Å². The minimum atomic E-state index is -0.525. The molecule has 0 saturated carbocycles. The number of aryl methyl sites for hydroxylation is 1. The molecule has 0 unspecified atom stereocenters. The van der Waals surface area contributed by atoms with Gasteiger partial charge >= 0.3 is 6.09 Å². The molecule has 1 atom stereocenters. The summed E-state index contributed by atoms with van der Waals surface area (Å²) in [5.74, 6) is 0. The van der Waals surface area contributed by atoms with Gasteiger partial charge in [-0.1, -0.05) is 24.3 Å². The molecule has 1 aliphatic carbocycles. The number of nitrogens with zero attached hydrogens (tertiary/aromatic N) is 1. The van der Waals surface area contributed by atoms with Crippen LogP contribution in [-0.2, 0) is 11.2 Å². The van der Waals surface area contributed by atoms with Crippen molar-refractivity contribution in [3.63, 3.8) is 0 Å². The molecule has 0 aliphatic heterocycles. The number of carbonyl (C=O) groups excluding carboxylic acids is 1. The van der Waals surface area contributed by atoms with Crippen LogP contribution in [0.5, 0.6) is 0 Å². The van der Waals surface area contributed by atoms with Gasteiger partial charge < -0.3 is 9.84 Å². The van der Waals surface area contributed by atoms with Crippen molar-refractivity contribution >= 4 is 6.09 Å². The molecule has 1 aromatic rings. The average molecular weight is 277 g/mol. The summed E-state index contributed by atoms with van der Waals surface area (Å²) < 4.78 is 5.46. The monoisotopic (exact) mass is 277 g/mol. The van der Waals surface area contributed by atoms with Crippen LogP contribution in [-0.4, -0.2) is 34.9 Å². The Hall–Kier alpha value is -1.55. The molecule has 0 radical (unpaired) electrons. The molecule has 0 spiro atoms. The van der Waals surface area contributed by atoms with E-state index in [1.165, 1.54) is 11.1 Å². The lowest BCUT2D eigenvalue weighted by Gasteiger charge is -2.31. The van der Waals surface area contributed by atoms with E-state index in [-0.39, 0.29) is 18.7 Å². The molecule has 1 aromatic carbocycles. The fraction of sp³-hybridized carbons (Fsp3) is 0.562. The molecule has 20 heavy (non-hydrogen) atoms. The second kappa shape index (κ2) is 5.83. The molecular formula is C16H23NO3. The number of benzene rings is 1. The van der Waals surface area contributed by atoms with E-state index in [0.717, 1.165) is 12.8 Å². The van der Waals surface area contributed by atoms with Crippen LogP contribution in [0.1, 0.15) is 44.4 Å². The van der Waals surface area contributed by atoms with Crippen LogP contribution < -0.4 is 0 Å². The zero-order chi connectivity index (χ0) is 14.8. The van der Waals surface area contributed by atoms with Crippen LogP contribution in [0.25, 0.3) is 0 Å². The molecule has 4 nitrogen and oxygen atoms in total. The number of hydrogen-bond acceptors (Lipinski definition) is 3. The topological polar surface area (TPSA) is 49.8 Å². The van der Waals surface area contributed by atoms with Crippen LogP contribution in [0.3, 0.4) is 0 Å². The SMILES string of the molecule is CC(C)(C)OC(=O)N(CCO)[C@@H]1CCc2ccccc21. The number of aliphatic hydroxyl groups excluding tert-OH is 1. The minimum absolute atomic E-state index is 0.00759. The number of aliphatic hydroxyl groups is 1. The third-order valence-electron chi connectivity index (χ3n) is 3.45. The Morgan fingerprint density at radius 2 is 2.10 bits per heavy atom. The fourth-order valence-corrected chi connectivity index (χ4v) is 2.66. The Morgan fingerprint density at radius 1 is 1.40 bits per heavy atom. The molecule has 0 bridgehead atoms. The van der Waals surface area contributed by atoms with E-state index in [1.807, 2.05) is 32.9 Å². The first-order chi connectivity index (χ1) is 9.42. The third-order valence-corrected chi connectivity index (χ3v) is 3.45. The van der Waals surface area contributed by atoms with Gasteiger partial charge in [0.25, 0.3) is 0 Å². The van der Waals surface area contributed by atoms with Crippen molar-refractivity contribution in [3.8, 4) is 0 Å². The van der Waals surface area contributed by atoms with Crippen molar-refractivity contribution in [2.24, 2.45) is 0 Å². The Labute approximate surface area is 120 Å². The van der Waals surface area contributed by atoms with E-state index in [4.69, 9.17) is 4.74 Å². The number of rotatable bonds is 3. The van der Waals surface area contributed by atoms with Gasteiger partial charge in [-0.3, -0.25) is 4.90 Å². The van der Waals surface area contributed by atoms with Crippen molar-refractivity contribution < 1.29 is 14.6 Å². The summed E-state index contributed by atoms with van der Waals surface area (Å²) in [6.45, 7) is 5.80. The molecule has 1 N–H and O–H groups in total. The molecule has 0 aromatic heterocycles. The van der Waals surface area contributed by atoms with Crippen molar-refractivity contribution in [1.82, 2.24) is 4.90 Å².